The highest BCUT2D eigenvalue weighted by atomic mass is 32.2. The van der Waals surface area contributed by atoms with E-state index in [1.54, 1.807) is 0 Å². The topological polar surface area (TPSA) is 54.8 Å². The number of carbonyl (C=O) groups is 1. The maximum atomic E-state index is 15.6. The second-order valence-corrected chi connectivity index (χ2v) is 12.2. The molecule has 1 aliphatic rings. The number of carbonyl (C=O) groups excluding carboxylic acids is 1. The number of fused-ring (bicyclic) bond motifs is 1. The third-order valence-corrected chi connectivity index (χ3v) is 8.68. The van der Waals surface area contributed by atoms with Crippen LogP contribution < -0.4 is 5.43 Å². The van der Waals surface area contributed by atoms with Gasteiger partial charge in [0.05, 0.1) is 39.1 Å². The Morgan fingerprint density at radius 2 is 1.75 bits per heavy atom. The number of piperidine rings is 1. The Kier molecular flexibility index (Phi) is 6.36. The highest BCUT2D eigenvalue weighted by Crippen LogP contribution is 2.32. The zero-order valence-corrected chi connectivity index (χ0v) is 28.2. The van der Waals surface area contributed by atoms with Gasteiger partial charge in [-0.15, -0.1) is 11.8 Å². The third kappa shape index (κ3) is 9.17. The minimum atomic E-state index is -4.71. The van der Waals surface area contributed by atoms with E-state index in [4.69, 9.17) is 17.8 Å². The van der Waals surface area contributed by atoms with E-state index in [0.717, 1.165) is 61.5 Å². The molecule has 0 spiro atoms. The molecule has 4 aromatic carbocycles. The lowest BCUT2D eigenvalue weighted by Crippen LogP contribution is -2.48. The van der Waals surface area contributed by atoms with Crippen molar-refractivity contribution in [1.82, 2.24) is 14.4 Å². The summed E-state index contributed by atoms with van der Waals surface area (Å²) in [6.07, 6.45) is -13.5. The summed E-state index contributed by atoms with van der Waals surface area (Å²) in [5, 5.41) is -2.00. The van der Waals surface area contributed by atoms with Gasteiger partial charge in [-0.3, -0.25) is 9.59 Å². The summed E-state index contributed by atoms with van der Waals surface area (Å²) >= 11 is 0.203. The Morgan fingerprint density at radius 1 is 1.06 bits per heavy atom. The number of aromatic nitrogens is 1. The monoisotopic (exact) mass is 769 g/mol. The molecule has 12 heteroatoms. The van der Waals surface area contributed by atoms with Crippen molar-refractivity contribution in [2.24, 2.45) is 0 Å². The SMILES string of the molecule is [2H]c1c(C)c([2H])c2c(c1[2H])c(=O)c([2H])c(SCc1cccc(F)c1F)n2C([2H])([2H])C(=O)N(Cc1ccc(-c2ccc(C(F)(F)F)cc2)cc1)C1([2H])C([2H])([2H])C([2H])([2H])N(CC([2H])([2H])OC([2H])([2H])[2H])C([2H])([2H])C1([2H])[2H]. The molecule has 1 saturated heterocycles. The molecule has 1 aliphatic heterocycles. The first kappa shape index (κ1) is 20.2. The molecule has 2 heterocycles. The standard InChI is InChI=1S/C41H40F5N3O3S/c1-27-6-15-34-36(22-27)49(39(23-37(34)50)53-26-31-4-3-5-35(42)40(31)43)25-38(51)48(33-16-18-47(19-17-33)20-21-52-2)24-28-7-9-29(10-8-28)30-11-13-32(14-12-30)41(44,45)46/h3-15,22-23,33H,16-21,24-26H2,1-2H3/i2D3,6D,15D,16D2,17D2,18D2,19D2,21D2,22D,23D,25D2,33D. The molecule has 6 nitrogen and oxygen atoms in total. The zero-order valence-electron chi connectivity index (χ0n) is 47.3. The molecule has 0 bridgehead atoms. The molecule has 0 radical (unpaired) electrons. The van der Waals surface area contributed by atoms with E-state index < -0.39 is 162 Å². The smallest absolute Gasteiger partial charge is 0.383 e. The van der Waals surface area contributed by atoms with Gasteiger partial charge >= 0.3 is 6.18 Å². The van der Waals surface area contributed by atoms with Crippen molar-refractivity contribution in [3.8, 4) is 11.1 Å². The van der Waals surface area contributed by atoms with Crippen LogP contribution in [0, 0.1) is 18.6 Å². The molecule has 1 fully saturated rings. The molecular formula is C41H40F5N3O3S. The number of rotatable bonds is 12. The predicted molar refractivity (Wildman–Crippen MR) is 198 cm³/mol. The summed E-state index contributed by atoms with van der Waals surface area (Å²) < 4.78 is 249. The Bertz CT molecular complexity index is 3020. The molecule has 0 aliphatic carbocycles. The number of thioether (sulfide) groups is 1. The first-order valence-electron chi connectivity index (χ1n) is 25.4. The molecule has 53 heavy (non-hydrogen) atoms. The minimum absolute atomic E-state index is 0.136. The lowest BCUT2D eigenvalue weighted by atomic mass is 10.00. The number of hydrogen-bond donors (Lipinski definition) is 0. The summed E-state index contributed by atoms with van der Waals surface area (Å²) in [4.78, 5) is 28.9. The van der Waals surface area contributed by atoms with Gasteiger partial charge in [-0.1, -0.05) is 54.6 Å². The molecule has 1 aromatic heterocycles. The van der Waals surface area contributed by atoms with E-state index in [1.807, 2.05) is 0 Å². The van der Waals surface area contributed by atoms with Crippen molar-refractivity contribution in [2.75, 3.05) is 33.1 Å². The normalized spacial score (nSPS) is 24.9. The Labute approximate surface area is 337 Å². The number of alkyl halides is 3. The quantitative estimate of drug-likeness (QED) is 0.0940. The van der Waals surface area contributed by atoms with Crippen molar-refractivity contribution >= 4 is 28.6 Å². The number of likely N-dealkylation sites (tertiary alicyclic amines) is 1. The Balaban J connectivity index is 1.65. The summed E-state index contributed by atoms with van der Waals surface area (Å²) in [6, 6.07) is 2.78. The first-order valence-corrected chi connectivity index (χ1v) is 16.4. The number of nitrogens with zero attached hydrogens (tertiary/aromatic N) is 3. The zero-order chi connectivity index (χ0) is 55.4. The molecule has 278 valence electrons. The van der Waals surface area contributed by atoms with Crippen LogP contribution in [0.4, 0.5) is 22.0 Å². The van der Waals surface area contributed by atoms with Gasteiger partial charge in [-0.2, -0.15) is 13.2 Å². The van der Waals surface area contributed by atoms with Crippen LogP contribution in [0.2, 0.25) is 0 Å². The minimum Gasteiger partial charge on any atom is -0.383 e. The largest absolute Gasteiger partial charge is 0.416 e. The second-order valence-electron chi connectivity index (χ2n) is 11.2. The third-order valence-electron chi connectivity index (χ3n) is 7.66. The van der Waals surface area contributed by atoms with E-state index in [9.17, 15) is 32.0 Å². The predicted octanol–water partition coefficient (Wildman–Crippen LogP) is 8.71. The van der Waals surface area contributed by atoms with Gasteiger partial charge in [-0.25, -0.2) is 8.78 Å². The van der Waals surface area contributed by atoms with Crippen LogP contribution in [0.5, 0.6) is 0 Å². The van der Waals surface area contributed by atoms with Gasteiger partial charge in [0.25, 0.3) is 0 Å². The van der Waals surface area contributed by atoms with Crippen molar-refractivity contribution < 1.29 is 58.9 Å². The van der Waals surface area contributed by atoms with Crippen LogP contribution in [0.1, 0.15) is 62.4 Å². The van der Waals surface area contributed by atoms with Crippen molar-refractivity contribution in [1.29, 1.82) is 0 Å². The van der Waals surface area contributed by atoms with Crippen LogP contribution in [-0.4, -0.2) is 59.4 Å². The first-order chi connectivity index (χ1) is 33.1. The number of ether oxygens (including phenoxy) is 1. The summed E-state index contributed by atoms with van der Waals surface area (Å²) in [5.74, 6) is -5.89. The fourth-order valence-corrected chi connectivity index (χ4v) is 5.95. The fraction of sp³-hybridized carbons (Fsp3) is 0.317. The molecule has 1 amide bonds. The van der Waals surface area contributed by atoms with E-state index in [1.165, 1.54) is 12.1 Å². The highest BCUT2D eigenvalue weighted by molar-refractivity contribution is 7.98. The van der Waals surface area contributed by atoms with Gasteiger partial charge in [0.1, 0.15) is 6.50 Å². The molecule has 0 unspecified atom stereocenters. The lowest BCUT2D eigenvalue weighted by molar-refractivity contribution is -0.137. The number of methoxy groups -OCH3 is 1. The molecule has 0 N–H and O–H groups in total. The summed E-state index contributed by atoms with van der Waals surface area (Å²) in [6.45, 7) is -18.4. The molecule has 5 aromatic rings. The average molecular weight is 770 g/mol. The second kappa shape index (κ2) is 16.7. The van der Waals surface area contributed by atoms with Crippen LogP contribution in [0.25, 0.3) is 22.0 Å². The molecule has 6 rings (SSSR count). The number of amides is 1. The Morgan fingerprint density at radius 3 is 2.43 bits per heavy atom. The number of hydrogen-bond acceptors (Lipinski definition) is 5. The molecule has 0 atom stereocenters. The van der Waals surface area contributed by atoms with Crippen LogP contribution in [-0.2, 0) is 34.5 Å². The number of pyridine rings is 1. The molecule has 0 saturated carbocycles. The maximum Gasteiger partial charge on any atom is 0.416 e. The van der Waals surface area contributed by atoms with Crippen LogP contribution >= 0.6 is 11.8 Å². The number of halogens is 5. The van der Waals surface area contributed by atoms with E-state index in [0.29, 0.717) is 0 Å². The van der Waals surface area contributed by atoms with E-state index in [2.05, 4.69) is 4.74 Å². The van der Waals surface area contributed by atoms with Crippen molar-refractivity contribution in [3.63, 3.8) is 0 Å². The summed E-state index contributed by atoms with van der Waals surface area (Å²) in [7, 11) is -3.60. The number of benzene rings is 4. The maximum absolute atomic E-state index is 15.6. The van der Waals surface area contributed by atoms with Crippen molar-refractivity contribution in [2.45, 2.75) is 55.7 Å². The fourth-order valence-electron chi connectivity index (χ4n) is 5.01. The summed E-state index contributed by atoms with van der Waals surface area (Å²) in [5.41, 5.74) is -4.29. The van der Waals surface area contributed by atoms with E-state index >= 15 is 9.18 Å². The lowest BCUT2D eigenvalue weighted by Gasteiger charge is -2.39. The average Bonchev–Trinajstić information content (AvgIpc) is 3.28. The van der Waals surface area contributed by atoms with E-state index in [-0.39, 0.29) is 37.9 Å². The highest BCUT2D eigenvalue weighted by Gasteiger charge is 2.31. The van der Waals surface area contributed by atoms with Gasteiger partial charge in [0.15, 0.2) is 17.1 Å². The van der Waals surface area contributed by atoms with Crippen molar-refractivity contribution in [3.05, 3.63) is 135 Å². The Hall–Kier alpha value is -4.52. The van der Waals surface area contributed by atoms with Gasteiger partial charge in [0.2, 0.25) is 5.91 Å². The molecular weight excluding hydrogens is 710 g/mol. The van der Waals surface area contributed by atoms with Gasteiger partial charge in [-0.05, 0) is 72.2 Å². The van der Waals surface area contributed by atoms with Crippen LogP contribution in [0.3, 0.4) is 0 Å². The van der Waals surface area contributed by atoms with Gasteiger partial charge < -0.3 is 19.1 Å². The van der Waals surface area contributed by atoms with Crippen LogP contribution in [0.15, 0.2) is 101 Å². The van der Waals surface area contributed by atoms with Gasteiger partial charge in [0, 0.05) is 72.9 Å².